The van der Waals surface area contributed by atoms with E-state index >= 15 is 0 Å². The van der Waals surface area contributed by atoms with Gasteiger partial charge in [0.2, 0.25) is 0 Å². The number of carbonyl (C=O) groups excluding carboxylic acids is 3. The van der Waals surface area contributed by atoms with E-state index in [1.54, 1.807) is 12.2 Å². The first-order valence-corrected chi connectivity index (χ1v) is 22.7. The number of quaternary nitrogens is 1. The Bertz CT molecular complexity index is 1150. The molecule has 0 aromatic rings. The quantitative estimate of drug-likeness (QED) is 0.0189. The topological polar surface area (TPSA) is 166 Å². The fourth-order valence-corrected chi connectivity index (χ4v) is 7.15. The van der Waals surface area contributed by atoms with Gasteiger partial charge in [-0.15, -0.1) is 0 Å². The van der Waals surface area contributed by atoms with Crippen LogP contribution in [0.4, 0.5) is 0 Å². The number of phosphoric ester groups is 1. The smallest absolute Gasteiger partial charge is 0.462 e. The number of rotatable bonds is 34. The van der Waals surface area contributed by atoms with E-state index in [4.69, 9.17) is 18.5 Å². The van der Waals surface area contributed by atoms with Crippen LogP contribution in [0.1, 0.15) is 149 Å². The second kappa shape index (κ2) is 30.2. The van der Waals surface area contributed by atoms with Crippen molar-refractivity contribution in [3.8, 4) is 0 Å². The third-order valence-electron chi connectivity index (χ3n) is 9.85. The van der Waals surface area contributed by atoms with E-state index in [2.05, 4.69) is 13.8 Å². The molecular formula is C42H77NO11P+. The van der Waals surface area contributed by atoms with Crippen molar-refractivity contribution in [3.05, 3.63) is 24.3 Å². The monoisotopic (exact) mass is 803 g/mol. The minimum absolute atomic E-state index is 0.00200. The lowest BCUT2D eigenvalue weighted by Gasteiger charge is -2.24. The molecule has 12 nitrogen and oxygen atoms in total. The number of Topliss-reactive ketones (excluding diaryl/α,β-unsaturated/α-hetero) is 1. The van der Waals surface area contributed by atoms with Crippen molar-refractivity contribution in [2.45, 2.75) is 167 Å². The lowest BCUT2D eigenvalue weighted by atomic mass is 9.90. The lowest BCUT2D eigenvalue weighted by Crippen LogP contribution is -2.37. The number of hydrogen-bond donors (Lipinski definition) is 3. The number of ketones is 1. The Balaban J connectivity index is 2.53. The van der Waals surface area contributed by atoms with Gasteiger partial charge in [0.15, 0.2) is 6.10 Å². The summed E-state index contributed by atoms with van der Waals surface area (Å²) >= 11 is 0. The van der Waals surface area contributed by atoms with Crippen LogP contribution in [0.15, 0.2) is 24.3 Å². The first-order valence-electron chi connectivity index (χ1n) is 21.2. The molecule has 320 valence electrons. The fraction of sp³-hybridized carbons (Fsp3) is 0.833. The van der Waals surface area contributed by atoms with Crippen LogP contribution < -0.4 is 0 Å². The Morgan fingerprint density at radius 1 is 0.836 bits per heavy atom. The zero-order valence-electron chi connectivity index (χ0n) is 34.9. The Kier molecular flexibility index (Phi) is 28.1. The number of allylic oxidation sites excluding steroid dienone is 2. The first-order chi connectivity index (χ1) is 26.2. The highest BCUT2D eigenvalue weighted by Gasteiger charge is 2.39. The third kappa shape index (κ3) is 27.4. The van der Waals surface area contributed by atoms with Gasteiger partial charge in [-0.2, -0.15) is 0 Å². The SMILES string of the molecule is CCCCCCCCCCCCCC(=O)O[C@H](COC(=O)CCC/C=C\C[C@H]1C(=O)C[C@@H](O)[C@@H]1/C=C/[C@@H](O)CCCCC)COP(=O)(O)OCC[N+](C)(C)C. The Morgan fingerprint density at radius 3 is 2.07 bits per heavy atom. The van der Waals surface area contributed by atoms with E-state index in [-0.39, 0.29) is 50.1 Å². The molecule has 0 bridgehead atoms. The summed E-state index contributed by atoms with van der Waals surface area (Å²) in [6, 6.07) is 0. The van der Waals surface area contributed by atoms with E-state index in [0.717, 1.165) is 38.5 Å². The molecule has 55 heavy (non-hydrogen) atoms. The molecule has 0 aromatic heterocycles. The second-order valence-electron chi connectivity index (χ2n) is 16.2. The molecule has 0 radical (unpaired) electrons. The van der Waals surface area contributed by atoms with Gasteiger partial charge >= 0.3 is 19.8 Å². The molecule has 13 heteroatoms. The van der Waals surface area contributed by atoms with Crippen molar-refractivity contribution in [2.24, 2.45) is 11.8 Å². The van der Waals surface area contributed by atoms with E-state index in [9.17, 15) is 34.1 Å². The highest BCUT2D eigenvalue weighted by Crippen LogP contribution is 2.43. The summed E-state index contributed by atoms with van der Waals surface area (Å²) in [7, 11) is 1.33. The van der Waals surface area contributed by atoms with Gasteiger partial charge in [-0.1, -0.05) is 122 Å². The average molecular weight is 803 g/mol. The minimum Gasteiger partial charge on any atom is -0.462 e. The first kappa shape index (κ1) is 51.1. The summed E-state index contributed by atoms with van der Waals surface area (Å²) in [5.74, 6) is -1.69. The summed E-state index contributed by atoms with van der Waals surface area (Å²) in [6.45, 7) is 3.99. The lowest BCUT2D eigenvalue weighted by molar-refractivity contribution is -0.870. The molecule has 1 rings (SSSR count). The molecular weight excluding hydrogens is 725 g/mol. The standard InChI is InChI=1S/C42H76NO11P/c1-6-8-10-11-12-13-14-15-16-17-23-27-42(48)54-36(34-53-55(49,50)52-31-30-43(3,4)5)33-51-41(47)26-22-19-18-21-25-37-38(40(46)32-39(37)45)29-28-35(44)24-20-9-7-2/h18,21,28-29,35-38,40,44,46H,6-17,19-20,22-27,30-34H2,1-5H3/p+1/b21-18-,29-28+/t35-,36+,37+,38+,40+/m0/s1. The summed E-state index contributed by atoms with van der Waals surface area (Å²) in [6.07, 6.45) is 23.1. The number of esters is 2. The van der Waals surface area contributed by atoms with E-state index < -0.39 is 44.7 Å². The average Bonchev–Trinajstić information content (AvgIpc) is 3.39. The summed E-state index contributed by atoms with van der Waals surface area (Å²) < 4.78 is 34.1. The van der Waals surface area contributed by atoms with Crippen LogP contribution in [-0.4, -0.2) is 103 Å². The van der Waals surface area contributed by atoms with Gasteiger partial charge in [0.25, 0.3) is 0 Å². The largest absolute Gasteiger partial charge is 0.472 e. The Labute approximate surface area is 332 Å². The molecule has 0 aromatic carbocycles. The zero-order chi connectivity index (χ0) is 41.0. The zero-order valence-corrected chi connectivity index (χ0v) is 35.8. The van der Waals surface area contributed by atoms with Crippen molar-refractivity contribution in [2.75, 3.05) is 47.5 Å². The van der Waals surface area contributed by atoms with Crippen molar-refractivity contribution in [1.82, 2.24) is 0 Å². The maximum atomic E-state index is 12.7. The number of aliphatic hydroxyl groups is 2. The van der Waals surface area contributed by atoms with Crippen LogP contribution in [-0.2, 0) is 37.5 Å². The number of likely N-dealkylation sites (N-methyl/N-ethyl adjacent to an activating group) is 1. The number of carbonyl (C=O) groups is 3. The summed E-state index contributed by atoms with van der Waals surface area (Å²) in [4.78, 5) is 48.0. The van der Waals surface area contributed by atoms with Gasteiger partial charge in [-0.05, 0) is 32.1 Å². The molecule has 0 spiro atoms. The molecule has 1 saturated carbocycles. The molecule has 0 amide bonds. The van der Waals surface area contributed by atoms with Crippen molar-refractivity contribution < 1.29 is 57.1 Å². The molecule has 0 aliphatic heterocycles. The molecule has 1 aliphatic carbocycles. The van der Waals surface area contributed by atoms with E-state index in [1.807, 2.05) is 33.3 Å². The van der Waals surface area contributed by atoms with Gasteiger partial charge in [-0.25, -0.2) is 4.57 Å². The van der Waals surface area contributed by atoms with Crippen LogP contribution in [0.25, 0.3) is 0 Å². The van der Waals surface area contributed by atoms with Crippen molar-refractivity contribution >= 4 is 25.5 Å². The van der Waals surface area contributed by atoms with Gasteiger partial charge in [0, 0.05) is 31.1 Å². The second-order valence-corrected chi connectivity index (χ2v) is 17.6. The number of aliphatic hydroxyl groups excluding tert-OH is 2. The van der Waals surface area contributed by atoms with Crippen LogP contribution in [0, 0.1) is 11.8 Å². The molecule has 1 unspecified atom stereocenters. The van der Waals surface area contributed by atoms with Crippen LogP contribution >= 0.6 is 7.82 Å². The van der Waals surface area contributed by atoms with Crippen LogP contribution in [0.3, 0.4) is 0 Å². The number of hydrogen-bond acceptors (Lipinski definition) is 10. The number of phosphoric acid groups is 1. The van der Waals surface area contributed by atoms with Gasteiger partial charge in [0.1, 0.15) is 25.5 Å². The highest BCUT2D eigenvalue weighted by molar-refractivity contribution is 7.47. The third-order valence-corrected chi connectivity index (χ3v) is 10.8. The predicted molar refractivity (Wildman–Crippen MR) is 216 cm³/mol. The highest BCUT2D eigenvalue weighted by atomic mass is 31.2. The Morgan fingerprint density at radius 2 is 1.44 bits per heavy atom. The van der Waals surface area contributed by atoms with Crippen molar-refractivity contribution in [3.63, 3.8) is 0 Å². The maximum Gasteiger partial charge on any atom is 0.472 e. The van der Waals surface area contributed by atoms with Crippen LogP contribution in [0.5, 0.6) is 0 Å². The van der Waals surface area contributed by atoms with Crippen LogP contribution in [0.2, 0.25) is 0 Å². The Hall–Kier alpha value is -1.92. The molecule has 6 atom stereocenters. The fourth-order valence-electron chi connectivity index (χ4n) is 6.41. The van der Waals surface area contributed by atoms with E-state index in [1.165, 1.54) is 44.9 Å². The van der Waals surface area contributed by atoms with E-state index in [0.29, 0.717) is 43.1 Å². The maximum absolute atomic E-state index is 12.7. The van der Waals surface area contributed by atoms with Crippen molar-refractivity contribution in [1.29, 1.82) is 0 Å². The summed E-state index contributed by atoms with van der Waals surface area (Å²) in [5.41, 5.74) is 0. The van der Waals surface area contributed by atoms with Gasteiger partial charge < -0.3 is 29.1 Å². The molecule has 0 heterocycles. The molecule has 0 saturated heterocycles. The number of ether oxygens (including phenoxy) is 2. The summed E-state index contributed by atoms with van der Waals surface area (Å²) in [5, 5.41) is 20.7. The number of nitrogens with zero attached hydrogens (tertiary/aromatic N) is 1. The van der Waals surface area contributed by atoms with Gasteiger partial charge in [-0.3, -0.25) is 23.4 Å². The molecule has 1 aliphatic rings. The normalized spacial score (nSPS) is 19.9. The van der Waals surface area contributed by atoms with Gasteiger partial charge in [0.05, 0.1) is 40.0 Å². The predicted octanol–water partition coefficient (Wildman–Crippen LogP) is 8.16. The minimum atomic E-state index is -4.43. The number of unbranched alkanes of at least 4 members (excludes halogenated alkanes) is 13. The molecule has 3 N–H and O–H groups in total. The molecule has 1 fully saturated rings.